The van der Waals surface area contributed by atoms with Crippen molar-refractivity contribution in [1.29, 1.82) is 0 Å². The smallest absolute Gasteiger partial charge is 0.136 e. The van der Waals surface area contributed by atoms with Crippen LogP contribution in [0.25, 0.3) is 11.3 Å². The Kier molecular flexibility index (Phi) is 3.07. The van der Waals surface area contributed by atoms with Crippen LogP contribution in [0.2, 0.25) is 0 Å². The van der Waals surface area contributed by atoms with Crippen molar-refractivity contribution in [3.63, 3.8) is 0 Å². The van der Waals surface area contributed by atoms with E-state index in [1.807, 2.05) is 31.2 Å². The first-order valence-corrected chi connectivity index (χ1v) is 6.85. The van der Waals surface area contributed by atoms with E-state index in [-0.39, 0.29) is 5.41 Å². The van der Waals surface area contributed by atoms with Crippen LogP contribution in [0, 0.1) is 6.92 Å². The minimum atomic E-state index is 0.0234. The normalized spacial score (nSPS) is 16.9. The second kappa shape index (κ2) is 4.74. The third-order valence-corrected chi connectivity index (χ3v) is 4.10. The van der Waals surface area contributed by atoms with E-state index < -0.39 is 0 Å². The quantitative estimate of drug-likeness (QED) is 0.915. The summed E-state index contributed by atoms with van der Waals surface area (Å²) in [5, 5.41) is 0. The Morgan fingerprint density at radius 3 is 2.47 bits per heavy atom. The molecular formula is C16H19N3. The molecule has 0 saturated heterocycles. The number of aryl methyl sites for hydroxylation is 1. The summed E-state index contributed by atoms with van der Waals surface area (Å²) >= 11 is 0. The van der Waals surface area contributed by atoms with Crippen molar-refractivity contribution in [3.8, 4) is 11.3 Å². The highest BCUT2D eigenvalue weighted by atomic mass is 14.9. The zero-order valence-corrected chi connectivity index (χ0v) is 11.3. The number of nitrogens with zero attached hydrogens (tertiary/aromatic N) is 2. The predicted molar refractivity (Wildman–Crippen MR) is 76.8 cm³/mol. The van der Waals surface area contributed by atoms with Gasteiger partial charge in [-0.1, -0.05) is 36.8 Å². The maximum Gasteiger partial charge on any atom is 0.136 e. The van der Waals surface area contributed by atoms with Crippen molar-refractivity contribution in [1.82, 2.24) is 9.97 Å². The molecule has 0 amide bonds. The number of hydrogen-bond donors (Lipinski definition) is 1. The first kappa shape index (κ1) is 12.3. The fourth-order valence-electron chi connectivity index (χ4n) is 2.69. The maximum atomic E-state index is 5.96. The summed E-state index contributed by atoms with van der Waals surface area (Å²) in [5.41, 5.74) is 9.14. The molecule has 1 aromatic heterocycles. The van der Waals surface area contributed by atoms with E-state index in [0.29, 0.717) is 6.54 Å². The SMILES string of the molecule is Cc1cc(-c2ccccc2)nc(C2(CN)CCC2)n1. The van der Waals surface area contributed by atoms with Crippen LogP contribution in [-0.4, -0.2) is 16.5 Å². The molecule has 1 fully saturated rings. The average molecular weight is 253 g/mol. The molecule has 1 aliphatic rings. The van der Waals surface area contributed by atoms with E-state index >= 15 is 0 Å². The number of aromatic nitrogens is 2. The van der Waals surface area contributed by atoms with E-state index in [1.165, 1.54) is 6.42 Å². The molecule has 19 heavy (non-hydrogen) atoms. The Balaban J connectivity index is 2.06. The van der Waals surface area contributed by atoms with Gasteiger partial charge in [0.25, 0.3) is 0 Å². The Morgan fingerprint density at radius 1 is 1.16 bits per heavy atom. The predicted octanol–water partition coefficient (Wildman–Crippen LogP) is 2.83. The summed E-state index contributed by atoms with van der Waals surface area (Å²) < 4.78 is 0. The minimum Gasteiger partial charge on any atom is -0.329 e. The van der Waals surface area contributed by atoms with Crippen molar-refractivity contribution in [2.75, 3.05) is 6.54 Å². The van der Waals surface area contributed by atoms with E-state index in [1.54, 1.807) is 0 Å². The highest BCUT2D eigenvalue weighted by Gasteiger charge is 2.40. The second-order valence-electron chi connectivity index (χ2n) is 5.42. The van der Waals surface area contributed by atoms with Gasteiger partial charge in [-0.15, -0.1) is 0 Å². The van der Waals surface area contributed by atoms with Crippen molar-refractivity contribution in [2.24, 2.45) is 5.73 Å². The summed E-state index contributed by atoms with van der Waals surface area (Å²) in [6.07, 6.45) is 3.46. The maximum absolute atomic E-state index is 5.96. The molecule has 3 nitrogen and oxygen atoms in total. The van der Waals surface area contributed by atoms with Crippen LogP contribution in [0.1, 0.15) is 30.8 Å². The first-order chi connectivity index (χ1) is 9.23. The van der Waals surface area contributed by atoms with Gasteiger partial charge in [-0.3, -0.25) is 0 Å². The lowest BCUT2D eigenvalue weighted by Gasteiger charge is -2.39. The summed E-state index contributed by atoms with van der Waals surface area (Å²) in [6.45, 7) is 2.67. The Bertz CT molecular complexity index is 568. The van der Waals surface area contributed by atoms with Gasteiger partial charge in [0.05, 0.1) is 5.69 Å². The molecule has 2 aromatic rings. The van der Waals surface area contributed by atoms with Crippen LogP contribution >= 0.6 is 0 Å². The zero-order chi connectivity index (χ0) is 13.3. The van der Waals surface area contributed by atoms with Crippen LogP contribution < -0.4 is 5.73 Å². The van der Waals surface area contributed by atoms with Crippen LogP contribution in [-0.2, 0) is 5.41 Å². The largest absolute Gasteiger partial charge is 0.329 e. The van der Waals surface area contributed by atoms with Gasteiger partial charge in [-0.2, -0.15) is 0 Å². The van der Waals surface area contributed by atoms with E-state index in [0.717, 1.165) is 35.6 Å². The molecule has 1 aromatic carbocycles. The molecule has 2 N–H and O–H groups in total. The van der Waals surface area contributed by atoms with Gasteiger partial charge in [-0.05, 0) is 25.8 Å². The van der Waals surface area contributed by atoms with Crippen molar-refractivity contribution < 1.29 is 0 Å². The molecule has 1 saturated carbocycles. The molecule has 3 rings (SSSR count). The molecule has 0 spiro atoms. The summed E-state index contributed by atoms with van der Waals surface area (Å²) in [7, 11) is 0. The third-order valence-electron chi connectivity index (χ3n) is 4.10. The van der Waals surface area contributed by atoms with Gasteiger partial charge in [0.2, 0.25) is 0 Å². The van der Waals surface area contributed by atoms with Crippen molar-refractivity contribution >= 4 is 0 Å². The summed E-state index contributed by atoms with van der Waals surface area (Å²) in [6, 6.07) is 12.3. The van der Waals surface area contributed by atoms with E-state index in [9.17, 15) is 0 Å². The van der Waals surface area contributed by atoms with Gasteiger partial charge >= 0.3 is 0 Å². The molecule has 1 aliphatic carbocycles. The monoisotopic (exact) mass is 253 g/mol. The Labute approximate surface area is 113 Å². The molecule has 0 bridgehead atoms. The number of rotatable bonds is 3. The summed E-state index contributed by atoms with van der Waals surface area (Å²) in [5.74, 6) is 0.931. The number of hydrogen-bond acceptors (Lipinski definition) is 3. The van der Waals surface area contributed by atoms with Crippen molar-refractivity contribution in [2.45, 2.75) is 31.6 Å². The Morgan fingerprint density at radius 2 is 1.89 bits per heavy atom. The van der Waals surface area contributed by atoms with E-state index in [4.69, 9.17) is 10.7 Å². The fraction of sp³-hybridized carbons (Fsp3) is 0.375. The average Bonchev–Trinajstić information content (AvgIpc) is 2.39. The third kappa shape index (κ3) is 2.15. The highest BCUT2D eigenvalue weighted by Crippen LogP contribution is 2.41. The summed E-state index contributed by atoms with van der Waals surface area (Å²) in [4.78, 5) is 9.41. The molecule has 0 atom stereocenters. The Hall–Kier alpha value is -1.74. The standard InChI is InChI=1S/C16H19N3/c1-12-10-14(13-6-3-2-4-7-13)19-15(18-12)16(11-17)8-5-9-16/h2-4,6-7,10H,5,8-9,11,17H2,1H3. The highest BCUT2D eigenvalue weighted by molar-refractivity contribution is 5.59. The fourth-order valence-corrected chi connectivity index (χ4v) is 2.69. The number of benzene rings is 1. The zero-order valence-electron chi connectivity index (χ0n) is 11.3. The lowest BCUT2D eigenvalue weighted by atomic mass is 9.68. The molecule has 1 heterocycles. The molecule has 98 valence electrons. The van der Waals surface area contributed by atoms with Crippen LogP contribution in [0.4, 0.5) is 0 Å². The van der Waals surface area contributed by atoms with Crippen LogP contribution in [0.15, 0.2) is 36.4 Å². The molecular weight excluding hydrogens is 234 g/mol. The molecule has 0 aliphatic heterocycles. The lowest BCUT2D eigenvalue weighted by molar-refractivity contribution is 0.238. The van der Waals surface area contributed by atoms with Crippen LogP contribution in [0.3, 0.4) is 0 Å². The molecule has 3 heteroatoms. The number of nitrogens with two attached hydrogens (primary N) is 1. The topological polar surface area (TPSA) is 51.8 Å². The van der Waals surface area contributed by atoms with Gasteiger partial charge < -0.3 is 5.73 Å². The lowest BCUT2D eigenvalue weighted by Crippen LogP contribution is -2.43. The first-order valence-electron chi connectivity index (χ1n) is 6.85. The van der Waals surface area contributed by atoms with Crippen molar-refractivity contribution in [3.05, 3.63) is 47.9 Å². The van der Waals surface area contributed by atoms with Gasteiger partial charge in [0.1, 0.15) is 5.82 Å². The van der Waals surface area contributed by atoms with Gasteiger partial charge in [0.15, 0.2) is 0 Å². The minimum absolute atomic E-state index is 0.0234. The molecule has 0 radical (unpaired) electrons. The van der Waals surface area contributed by atoms with Gasteiger partial charge in [-0.25, -0.2) is 9.97 Å². The van der Waals surface area contributed by atoms with E-state index in [2.05, 4.69) is 17.1 Å². The molecule has 0 unspecified atom stereocenters. The second-order valence-corrected chi connectivity index (χ2v) is 5.42. The van der Waals surface area contributed by atoms with Crippen LogP contribution in [0.5, 0.6) is 0 Å². The van der Waals surface area contributed by atoms with Gasteiger partial charge in [0, 0.05) is 23.2 Å².